The van der Waals surface area contributed by atoms with Gasteiger partial charge in [0.2, 0.25) is 0 Å². The van der Waals surface area contributed by atoms with Crippen molar-refractivity contribution in [3.05, 3.63) is 77.5 Å². The third kappa shape index (κ3) is 4.68. The Kier molecular flexibility index (Phi) is 6.22. The van der Waals surface area contributed by atoms with Gasteiger partial charge in [0.1, 0.15) is 0 Å². The SMILES string of the molecule is CC(C)c1cccc(C(=O)Nc2cc3cn(C4CCC(C)(O)CC4)nc3cc2-c2ccccn2)[n+]1[O-]. The summed E-state index contributed by atoms with van der Waals surface area (Å²) in [6, 6.07) is 14.6. The lowest BCUT2D eigenvalue weighted by Gasteiger charge is -2.33. The van der Waals surface area contributed by atoms with E-state index in [1.54, 1.807) is 18.3 Å². The molecule has 0 saturated heterocycles. The topological polar surface area (TPSA) is 107 Å². The van der Waals surface area contributed by atoms with Gasteiger partial charge >= 0.3 is 5.91 Å². The molecule has 36 heavy (non-hydrogen) atoms. The number of rotatable bonds is 5. The van der Waals surface area contributed by atoms with E-state index in [1.165, 1.54) is 6.07 Å². The third-order valence-electron chi connectivity index (χ3n) is 7.06. The molecule has 0 aliphatic heterocycles. The van der Waals surface area contributed by atoms with Crippen molar-refractivity contribution in [3.8, 4) is 11.3 Å². The van der Waals surface area contributed by atoms with Gasteiger partial charge in [0, 0.05) is 41.4 Å². The highest BCUT2D eigenvalue weighted by Crippen LogP contribution is 2.36. The average molecular weight is 486 g/mol. The highest BCUT2D eigenvalue weighted by Gasteiger charge is 2.30. The molecule has 0 radical (unpaired) electrons. The van der Waals surface area contributed by atoms with E-state index in [2.05, 4.69) is 10.3 Å². The van der Waals surface area contributed by atoms with Crippen molar-refractivity contribution in [2.24, 2.45) is 0 Å². The Morgan fingerprint density at radius 1 is 1.19 bits per heavy atom. The number of hydrogen-bond acceptors (Lipinski definition) is 5. The molecule has 4 aromatic rings. The van der Waals surface area contributed by atoms with Gasteiger partial charge in [-0.3, -0.25) is 14.5 Å². The van der Waals surface area contributed by atoms with E-state index >= 15 is 0 Å². The van der Waals surface area contributed by atoms with Crippen LogP contribution < -0.4 is 10.0 Å². The lowest BCUT2D eigenvalue weighted by atomic mass is 9.84. The van der Waals surface area contributed by atoms with E-state index in [-0.39, 0.29) is 17.7 Å². The minimum atomic E-state index is -0.613. The molecular formula is C28H31N5O3. The standard InChI is InChI=1S/C28H31N5O3/c1-18(2)25-8-6-9-26(33(25)36)27(34)30-24-15-19-17-32(20-10-12-28(3,35)13-11-20)31-23(19)16-21(24)22-7-4-5-14-29-22/h4-9,14-18,20,35H,10-13H2,1-3H3,(H,30,34). The lowest BCUT2D eigenvalue weighted by molar-refractivity contribution is -0.617. The van der Waals surface area contributed by atoms with Crippen molar-refractivity contribution in [1.29, 1.82) is 0 Å². The maximum absolute atomic E-state index is 13.2. The van der Waals surface area contributed by atoms with Crippen LogP contribution in [0.3, 0.4) is 0 Å². The van der Waals surface area contributed by atoms with Crippen molar-refractivity contribution < 1.29 is 14.6 Å². The Balaban J connectivity index is 1.53. The van der Waals surface area contributed by atoms with Crippen LogP contribution in [-0.4, -0.2) is 31.4 Å². The molecule has 0 atom stereocenters. The van der Waals surface area contributed by atoms with E-state index < -0.39 is 11.5 Å². The first-order chi connectivity index (χ1) is 17.2. The number of carbonyl (C=O) groups is 1. The Morgan fingerprint density at radius 3 is 2.67 bits per heavy atom. The zero-order valence-electron chi connectivity index (χ0n) is 20.8. The fraction of sp³-hybridized carbons (Fsp3) is 0.357. The number of nitrogens with one attached hydrogen (secondary N) is 1. The Morgan fingerprint density at radius 2 is 1.97 bits per heavy atom. The third-order valence-corrected chi connectivity index (χ3v) is 7.06. The summed E-state index contributed by atoms with van der Waals surface area (Å²) in [7, 11) is 0. The number of anilines is 1. The van der Waals surface area contributed by atoms with Crippen LogP contribution in [0.25, 0.3) is 22.2 Å². The first-order valence-corrected chi connectivity index (χ1v) is 12.4. The smallest absolute Gasteiger partial charge is 0.321 e. The van der Waals surface area contributed by atoms with E-state index in [0.717, 1.165) is 42.1 Å². The predicted octanol–water partition coefficient (Wildman–Crippen LogP) is 4.97. The molecule has 0 bridgehead atoms. The molecule has 1 aliphatic carbocycles. The monoisotopic (exact) mass is 485 g/mol. The second-order valence-electron chi connectivity index (χ2n) is 10.2. The van der Waals surface area contributed by atoms with Gasteiger partial charge in [0.25, 0.3) is 5.69 Å². The Hall–Kier alpha value is -3.78. The minimum Gasteiger partial charge on any atom is -0.618 e. The minimum absolute atomic E-state index is 0.00925. The van der Waals surface area contributed by atoms with Crippen LogP contribution >= 0.6 is 0 Å². The Bertz CT molecular complexity index is 1400. The van der Waals surface area contributed by atoms with Gasteiger partial charge in [-0.25, -0.2) is 0 Å². The number of amides is 1. The summed E-state index contributed by atoms with van der Waals surface area (Å²) < 4.78 is 2.68. The molecule has 0 unspecified atom stereocenters. The molecule has 3 aromatic heterocycles. The van der Waals surface area contributed by atoms with E-state index in [4.69, 9.17) is 5.10 Å². The zero-order valence-corrected chi connectivity index (χ0v) is 20.8. The molecule has 3 heterocycles. The number of fused-ring (bicyclic) bond motifs is 1. The molecule has 1 fully saturated rings. The van der Waals surface area contributed by atoms with Gasteiger partial charge in [-0.2, -0.15) is 9.83 Å². The summed E-state index contributed by atoms with van der Waals surface area (Å²) in [4.78, 5) is 17.7. The second-order valence-corrected chi connectivity index (χ2v) is 10.2. The molecule has 0 spiro atoms. The van der Waals surface area contributed by atoms with E-state index in [0.29, 0.717) is 21.8 Å². The molecule has 1 aromatic carbocycles. The van der Waals surface area contributed by atoms with Crippen LogP contribution in [0, 0.1) is 5.21 Å². The quantitative estimate of drug-likeness (QED) is 0.306. The van der Waals surface area contributed by atoms with E-state index in [1.807, 2.05) is 62.0 Å². The molecule has 1 aliphatic rings. The molecule has 8 nitrogen and oxygen atoms in total. The van der Waals surface area contributed by atoms with Crippen LogP contribution in [0.1, 0.15) is 74.6 Å². The number of pyridine rings is 2. The van der Waals surface area contributed by atoms with Crippen LogP contribution in [0.5, 0.6) is 0 Å². The summed E-state index contributed by atoms with van der Waals surface area (Å²) in [5.41, 5.74) is 2.75. The van der Waals surface area contributed by atoms with Gasteiger partial charge < -0.3 is 15.6 Å². The normalized spacial score (nSPS) is 20.1. The van der Waals surface area contributed by atoms with E-state index in [9.17, 15) is 15.1 Å². The molecular weight excluding hydrogens is 454 g/mol. The first kappa shape index (κ1) is 23.9. The number of aromatic nitrogens is 4. The highest BCUT2D eigenvalue weighted by molar-refractivity contribution is 6.06. The summed E-state index contributed by atoms with van der Waals surface area (Å²) >= 11 is 0. The van der Waals surface area contributed by atoms with Crippen molar-refractivity contribution in [1.82, 2.24) is 14.8 Å². The number of carbonyl (C=O) groups excluding carboxylic acids is 1. The van der Waals surface area contributed by atoms with Crippen molar-refractivity contribution >= 4 is 22.5 Å². The molecule has 2 N–H and O–H groups in total. The van der Waals surface area contributed by atoms with Crippen LogP contribution in [-0.2, 0) is 0 Å². The number of hydrogen-bond donors (Lipinski definition) is 2. The van der Waals surface area contributed by atoms with Crippen molar-refractivity contribution in [2.75, 3.05) is 5.32 Å². The molecule has 5 rings (SSSR count). The van der Waals surface area contributed by atoms with Gasteiger partial charge in [-0.05, 0) is 62.9 Å². The molecule has 1 saturated carbocycles. The zero-order chi connectivity index (χ0) is 25.4. The fourth-order valence-electron chi connectivity index (χ4n) is 4.90. The average Bonchev–Trinajstić information content (AvgIpc) is 3.26. The highest BCUT2D eigenvalue weighted by atomic mass is 16.5. The lowest BCUT2D eigenvalue weighted by Crippen LogP contribution is -2.41. The summed E-state index contributed by atoms with van der Waals surface area (Å²) in [6.07, 6.45) is 6.87. The maximum atomic E-state index is 13.2. The summed E-state index contributed by atoms with van der Waals surface area (Å²) in [5, 5.41) is 31.8. The van der Waals surface area contributed by atoms with Crippen LogP contribution in [0.15, 0.2) is 60.9 Å². The second kappa shape index (κ2) is 9.35. The summed E-state index contributed by atoms with van der Waals surface area (Å²) in [5.74, 6) is -0.490. The van der Waals surface area contributed by atoms with Crippen molar-refractivity contribution in [3.63, 3.8) is 0 Å². The maximum Gasteiger partial charge on any atom is 0.321 e. The van der Waals surface area contributed by atoms with Gasteiger partial charge in [0.15, 0.2) is 5.69 Å². The summed E-state index contributed by atoms with van der Waals surface area (Å²) in [6.45, 7) is 5.73. The van der Waals surface area contributed by atoms with Crippen molar-refractivity contribution in [2.45, 2.75) is 64.0 Å². The van der Waals surface area contributed by atoms with Gasteiger partial charge in [0.05, 0.1) is 28.5 Å². The number of benzene rings is 1. The Labute approximate surface area is 210 Å². The predicted molar refractivity (Wildman–Crippen MR) is 139 cm³/mol. The van der Waals surface area contributed by atoms with Crippen LogP contribution in [0.2, 0.25) is 0 Å². The molecule has 1 amide bonds. The van der Waals surface area contributed by atoms with Gasteiger partial charge in [-0.15, -0.1) is 0 Å². The molecule has 186 valence electrons. The largest absolute Gasteiger partial charge is 0.618 e. The number of nitrogens with zero attached hydrogens (tertiary/aromatic N) is 4. The first-order valence-electron chi connectivity index (χ1n) is 12.4. The molecule has 8 heteroatoms. The number of aliphatic hydroxyl groups is 1. The fourth-order valence-corrected chi connectivity index (χ4v) is 4.90. The van der Waals surface area contributed by atoms with Crippen LogP contribution in [0.4, 0.5) is 5.69 Å². The van der Waals surface area contributed by atoms with Gasteiger partial charge in [-0.1, -0.05) is 19.9 Å².